The Hall–Kier alpha value is -2.24. The summed E-state index contributed by atoms with van der Waals surface area (Å²) < 4.78 is 1.51. The average molecular weight is 232 g/mol. The van der Waals surface area contributed by atoms with Gasteiger partial charge in [0.15, 0.2) is 0 Å². The molecule has 0 radical (unpaired) electrons. The summed E-state index contributed by atoms with van der Waals surface area (Å²) in [7, 11) is 0. The lowest BCUT2D eigenvalue weighted by Crippen LogP contribution is -2.28. The van der Waals surface area contributed by atoms with Gasteiger partial charge in [0.2, 0.25) is 0 Å². The summed E-state index contributed by atoms with van der Waals surface area (Å²) in [5.41, 5.74) is 0.626. The Morgan fingerprint density at radius 2 is 1.94 bits per heavy atom. The molecule has 0 atom stereocenters. The van der Waals surface area contributed by atoms with E-state index in [4.69, 9.17) is 5.11 Å². The van der Waals surface area contributed by atoms with Crippen LogP contribution in [0.4, 0.5) is 0 Å². The van der Waals surface area contributed by atoms with Gasteiger partial charge in [-0.2, -0.15) is 0 Å². The van der Waals surface area contributed by atoms with E-state index in [1.54, 1.807) is 38.1 Å². The normalized spacial score (nSPS) is 11.4. The number of rotatable bonds is 3. The van der Waals surface area contributed by atoms with Gasteiger partial charge in [0, 0.05) is 0 Å². The first-order chi connectivity index (χ1) is 8.01. The van der Waals surface area contributed by atoms with Crippen molar-refractivity contribution in [3.63, 3.8) is 0 Å². The van der Waals surface area contributed by atoms with E-state index in [0.717, 1.165) is 11.3 Å². The summed E-state index contributed by atoms with van der Waals surface area (Å²) in [6.45, 7) is 3.34. The molecule has 17 heavy (non-hydrogen) atoms. The van der Waals surface area contributed by atoms with Gasteiger partial charge in [-0.25, -0.2) is 4.68 Å². The number of hydrogen-bond acceptors (Lipinski definition) is 4. The molecule has 6 heteroatoms. The number of aromatic nitrogens is 4. The molecule has 2 rings (SSSR count). The highest BCUT2D eigenvalue weighted by Crippen LogP contribution is 2.24. The molecule has 0 aliphatic heterocycles. The summed E-state index contributed by atoms with van der Waals surface area (Å²) in [5.74, 6) is -0.854. The molecule has 2 aromatic rings. The molecule has 0 bridgehead atoms. The second-order valence-electron chi connectivity index (χ2n) is 4.23. The predicted molar refractivity (Wildman–Crippen MR) is 59.8 cm³/mol. The van der Waals surface area contributed by atoms with Crippen LogP contribution >= 0.6 is 0 Å². The minimum absolute atomic E-state index is 0.738. The smallest absolute Gasteiger partial charge is 0.313 e. The number of tetrazole rings is 1. The van der Waals surface area contributed by atoms with Crippen molar-refractivity contribution in [3.8, 4) is 5.69 Å². The first-order valence-electron chi connectivity index (χ1n) is 5.09. The van der Waals surface area contributed by atoms with Crippen LogP contribution < -0.4 is 0 Å². The van der Waals surface area contributed by atoms with Crippen molar-refractivity contribution in [2.24, 2.45) is 0 Å². The highest BCUT2D eigenvalue weighted by atomic mass is 16.4. The fourth-order valence-electron chi connectivity index (χ4n) is 1.43. The van der Waals surface area contributed by atoms with Gasteiger partial charge in [-0.1, -0.05) is 12.1 Å². The molecule has 0 aliphatic carbocycles. The van der Waals surface area contributed by atoms with E-state index in [-0.39, 0.29) is 0 Å². The van der Waals surface area contributed by atoms with Crippen LogP contribution in [0.1, 0.15) is 19.4 Å². The van der Waals surface area contributed by atoms with Crippen molar-refractivity contribution in [2.45, 2.75) is 19.3 Å². The van der Waals surface area contributed by atoms with Crippen LogP contribution in [0.2, 0.25) is 0 Å². The fourth-order valence-corrected chi connectivity index (χ4v) is 1.43. The molecular formula is C11H12N4O2. The Kier molecular flexibility index (Phi) is 2.63. The standard InChI is InChI=1S/C11H12N4O2/c1-11(2,10(16)17)8-3-5-9(6-4-8)15-7-12-13-14-15/h3-7H,1-2H3,(H,16,17). The molecule has 1 heterocycles. The first kappa shape index (κ1) is 11.3. The monoisotopic (exact) mass is 232 g/mol. The van der Waals surface area contributed by atoms with Gasteiger partial charge < -0.3 is 5.11 Å². The van der Waals surface area contributed by atoms with Gasteiger partial charge in [-0.3, -0.25) is 4.79 Å². The lowest BCUT2D eigenvalue weighted by molar-refractivity contribution is -0.142. The van der Waals surface area contributed by atoms with Crippen molar-refractivity contribution in [1.82, 2.24) is 20.2 Å². The number of hydrogen-bond donors (Lipinski definition) is 1. The molecule has 0 amide bonds. The molecule has 0 saturated heterocycles. The molecule has 1 N–H and O–H groups in total. The van der Waals surface area contributed by atoms with Crippen LogP contribution in [-0.4, -0.2) is 31.3 Å². The van der Waals surface area contributed by atoms with Gasteiger partial charge in [0.25, 0.3) is 0 Å². The maximum Gasteiger partial charge on any atom is 0.313 e. The second-order valence-corrected chi connectivity index (χ2v) is 4.23. The SMILES string of the molecule is CC(C)(C(=O)O)c1ccc(-n2cnnn2)cc1. The first-order valence-corrected chi connectivity index (χ1v) is 5.09. The maximum atomic E-state index is 11.1. The van der Waals surface area contributed by atoms with Crippen LogP contribution in [0.15, 0.2) is 30.6 Å². The lowest BCUT2D eigenvalue weighted by atomic mass is 9.85. The largest absolute Gasteiger partial charge is 0.481 e. The molecule has 1 aromatic heterocycles. The quantitative estimate of drug-likeness (QED) is 0.854. The van der Waals surface area contributed by atoms with Crippen molar-refractivity contribution in [3.05, 3.63) is 36.2 Å². The van der Waals surface area contributed by atoms with E-state index in [9.17, 15) is 4.79 Å². The molecule has 0 spiro atoms. The van der Waals surface area contributed by atoms with Crippen LogP contribution in [0.5, 0.6) is 0 Å². The molecule has 1 aromatic carbocycles. The lowest BCUT2D eigenvalue weighted by Gasteiger charge is -2.19. The third-order valence-electron chi connectivity index (χ3n) is 2.74. The number of nitrogens with zero attached hydrogens (tertiary/aromatic N) is 4. The molecule has 6 nitrogen and oxygen atoms in total. The minimum Gasteiger partial charge on any atom is -0.481 e. The number of carboxylic acids is 1. The molecule has 88 valence electrons. The second kappa shape index (κ2) is 3.97. The molecule has 0 saturated carbocycles. The Morgan fingerprint density at radius 3 is 2.41 bits per heavy atom. The van der Waals surface area contributed by atoms with Gasteiger partial charge in [0.1, 0.15) is 6.33 Å². The summed E-state index contributed by atoms with van der Waals surface area (Å²) in [6.07, 6.45) is 1.48. The third kappa shape index (κ3) is 2.01. The Balaban J connectivity index is 2.34. The van der Waals surface area contributed by atoms with Crippen LogP contribution in [0, 0.1) is 0 Å². The maximum absolute atomic E-state index is 11.1. The van der Waals surface area contributed by atoms with Gasteiger partial charge in [-0.15, -0.1) is 5.10 Å². The van der Waals surface area contributed by atoms with Crippen molar-refractivity contribution < 1.29 is 9.90 Å². The number of carboxylic acid groups (broad SMARTS) is 1. The van der Waals surface area contributed by atoms with Crippen LogP contribution in [0.3, 0.4) is 0 Å². The molecule has 0 fully saturated rings. The van der Waals surface area contributed by atoms with Crippen molar-refractivity contribution >= 4 is 5.97 Å². The van der Waals surface area contributed by atoms with Gasteiger partial charge in [0.05, 0.1) is 11.1 Å². The van der Waals surface area contributed by atoms with E-state index in [0.29, 0.717) is 0 Å². The molecule has 0 unspecified atom stereocenters. The molecular weight excluding hydrogens is 220 g/mol. The fraction of sp³-hybridized carbons (Fsp3) is 0.273. The summed E-state index contributed by atoms with van der Waals surface area (Å²) in [4.78, 5) is 11.1. The number of carbonyl (C=O) groups is 1. The Bertz CT molecular complexity index is 517. The van der Waals surface area contributed by atoms with E-state index in [2.05, 4.69) is 15.5 Å². The number of benzene rings is 1. The van der Waals surface area contributed by atoms with Gasteiger partial charge >= 0.3 is 5.97 Å². The topological polar surface area (TPSA) is 80.9 Å². The van der Waals surface area contributed by atoms with Crippen molar-refractivity contribution in [1.29, 1.82) is 0 Å². The zero-order valence-corrected chi connectivity index (χ0v) is 9.53. The van der Waals surface area contributed by atoms with Crippen LogP contribution in [-0.2, 0) is 10.2 Å². The van der Waals surface area contributed by atoms with E-state index < -0.39 is 11.4 Å². The Morgan fingerprint density at radius 1 is 1.29 bits per heavy atom. The number of aliphatic carboxylic acids is 1. The zero-order chi connectivity index (χ0) is 12.5. The van der Waals surface area contributed by atoms with Crippen LogP contribution in [0.25, 0.3) is 5.69 Å². The minimum atomic E-state index is -0.904. The summed E-state index contributed by atoms with van der Waals surface area (Å²) in [6, 6.07) is 7.11. The highest BCUT2D eigenvalue weighted by Gasteiger charge is 2.29. The molecule has 0 aliphatic rings. The van der Waals surface area contributed by atoms with E-state index >= 15 is 0 Å². The highest BCUT2D eigenvalue weighted by molar-refractivity contribution is 5.80. The van der Waals surface area contributed by atoms with E-state index in [1.165, 1.54) is 11.0 Å². The third-order valence-corrected chi connectivity index (χ3v) is 2.74. The summed E-state index contributed by atoms with van der Waals surface area (Å²) in [5, 5.41) is 19.9. The zero-order valence-electron chi connectivity index (χ0n) is 9.53. The Labute approximate surface area is 97.9 Å². The summed E-state index contributed by atoms with van der Waals surface area (Å²) >= 11 is 0. The van der Waals surface area contributed by atoms with E-state index in [1.807, 2.05) is 0 Å². The van der Waals surface area contributed by atoms with Crippen molar-refractivity contribution in [2.75, 3.05) is 0 Å². The predicted octanol–water partition coefficient (Wildman–Crippen LogP) is 1.02. The van der Waals surface area contributed by atoms with Gasteiger partial charge in [-0.05, 0) is 42.0 Å². The average Bonchev–Trinajstić information content (AvgIpc) is 2.82.